The molecule has 3 atom stereocenters. The third-order valence-corrected chi connectivity index (χ3v) is 6.27. The number of rotatable bonds is 0. The van der Waals surface area contributed by atoms with Crippen molar-refractivity contribution in [1.82, 2.24) is 4.90 Å². The predicted molar refractivity (Wildman–Crippen MR) is 79.6 cm³/mol. The minimum Gasteiger partial charge on any atom is -0.303 e. The van der Waals surface area contributed by atoms with E-state index >= 15 is 0 Å². The normalized spacial score (nSPS) is 37.6. The fourth-order valence-electron chi connectivity index (χ4n) is 5.31. The van der Waals surface area contributed by atoms with Crippen LogP contribution in [0.25, 0.3) is 0 Å². The first-order valence-electron chi connectivity index (χ1n) is 8.01. The van der Waals surface area contributed by atoms with E-state index in [4.69, 9.17) is 0 Å². The summed E-state index contributed by atoms with van der Waals surface area (Å²) in [6.07, 6.45) is 8.48. The number of likely N-dealkylation sites (tertiary alicyclic amines) is 1. The van der Waals surface area contributed by atoms with Gasteiger partial charge in [-0.15, -0.1) is 0 Å². The lowest BCUT2D eigenvalue weighted by molar-refractivity contribution is 0.00283. The topological polar surface area (TPSA) is 3.24 Å². The fourth-order valence-corrected chi connectivity index (χ4v) is 5.31. The molecule has 0 unspecified atom stereocenters. The van der Waals surface area contributed by atoms with E-state index in [2.05, 4.69) is 37.1 Å². The molecule has 1 aromatic carbocycles. The van der Waals surface area contributed by atoms with Crippen LogP contribution in [0.15, 0.2) is 18.2 Å². The monoisotopic (exact) mass is 255 g/mol. The van der Waals surface area contributed by atoms with E-state index in [-0.39, 0.29) is 0 Å². The summed E-state index contributed by atoms with van der Waals surface area (Å²) in [5.74, 6) is 0.925. The molecule has 1 saturated carbocycles. The highest BCUT2D eigenvalue weighted by Crippen LogP contribution is 2.55. The highest BCUT2D eigenvalue weighted by atomic mass is 15.1. The number of aryl methyl sites for hydroxylation is 1. The molecule has 0 radical (unpaired) electrons. The van der Waals surface area contributed by atoms with Gasteiger partial charge in [-0.25, -0.2) is 0 Å². The zero-order chi connectivity index (χ0) is 13.0. The van der Waals surface area contributed by atoms with Gasteiger partial charge in [0.15, 0.2) is 0 Å². The Balaban J connectivity index is 1.90. The summed E-state index contributed by atoms with van der Waals surface area (Å²) in [5.41, 5.74) is 5.38. The minimum absolute atomic E-state index is 0.537. The highest BCUT2D eigenvalue weighted by Gasteiger charge is 2.52. The Hall–Kier alpha value is -0.820. The molecule has 0 spiro atoms. The molecule has 1 aromatic rings. The molecule has 1 aliphatic heterocycles. The number of hydrogen-bond donors (Lipinski definition) is 0. The zero-order valence-corrected chi connectivity index (χ0v) is 12.3. The van der Waals surface area contributed by atoms with E-state index in [0.29, 0.717) is 5.41 Å². The Kier molecular flexibility index (Phi) is 2.57. The van der Waals surface area contributed by atoms with Crippen LogP contribution >= 0.6 is 0 Å². The molecule has 3 aliphatic rings. The van der Waals surface area contributed by atoms with Crippen molar-refractivity contribution >= 4 is 0 Å². The number of benzene rings is 1. The van der Waals surface area contributed by atoms with Gasteiger partial charge in [-0.05, 0) is 63.2 Å². The molecule has 2 fully saturated rings. The number of piperidine rings is 1. The van der Waals surface area contributed by atoms with Gasteiger partial charge in [-0.3, -0.25) is 0 Å². The summed E-state index contributed by atoms with van der Waals surface area (Å²) < 4.78 is 0. The van der Waals surface area contributed by atoms with Crippen LogP contribution in [-0.4, -0.2) is 24.5 Å². The Morgan fingerprint density at radius 3 is 3.00 bits per heavy atom. The van der Waals surface area contributed by atoms with Gasteiger partial charge in [0.05, 0.1) is 0 Å². The number of hydrogen-bond acceptors (Lipinski definition) is 1. The molecule has 1 saturated heterocycles. The zero-order valence-electron chi connectivity index (χ0n) is 12.3. The lowest BCUT2D eigenvalue weighted by atomic mass is 9.52. The minimum atomic E-state index is 0.537. The molecule has 1 heterocycles. The van der Waals surface area contributed by atoms with Crippen molar-refractivity contribution in [1.29, 1.82) is 0 Å². The lowest BCUT2D eigenvalue weighted by Gasteiger charge is -2.58. The average molecular weight is 255 g/mol. The highest BCUT2D eigenvalue weighted by molar-refractivity contribution is 5.43. The molecule has 0 amide bonds. The van der Waals surface area contributed by atoms with Crippen molar-refractivity contribution in [2.45, 2.75) is 56.9 Å². The summed E-state index contributed by atoms with van der Waals surface area (Å²) in [5, 5.41) is 0. The summed E-state index contributed by atoms with van der Waals surface area (Å²) >= 11 is 0. The van der Waals surface area contributed by atoms with E-state index in [1.54, 1.807) is 11.1 Å². The van der Waals surface area contributed by atoms with E-state index in [0.717, 1.165) is 12.0 Å². The van der Waals surface area contributed by atoms with Crippen LogP contribution < -0.4 is 0 Å². The first-order valence-corrected chi connectivity index (χ1v) is 8.01. The van der Waals surface area contributed by atoms with Gasteiger partial charge in [-0.2, -0.15) is 0 Å². The molecule has 0 aromatic heterocycles. The molecule has 102 valence electrons. The van der Waals surface area contributed by atoms with Crippen molar-refractivity contribution < 1.29 is 0 Å². The predicted octanol–water partition coefficient (Wildman–Crippen LogP) is 3.68. The summed E-state index contributed by atoms with van der Waals surface area (Å²) in [6.45, 7) is 3.56. The van der Waals surface area contributed by atoms with Crippen LogP contribution in [-0.2, 0) is 11.8 Å². The molecule has 4 rings (SSSR count). The first-order chi connectivity index (χ1) is 9.21. The number of fused-ring (bicyclic) bond motifs is 1. The molecule has 19 heavy (non-hydrogen) atoms. The maximum atomic E-state index is 2.65. The van der Waals surface area contributed by atoms with E-state index in [9.17, 15) is 0 Å². The van der Waals surface area contributed by atoms with Gasteiger partial charge in [0.2, 0.25) is 0 Å². The fraction of sp³-hybridized carbons (Fsp3) is 0.667. The standard InChI is InChI=1S/C18H25N/c1-13-6-7-14-12-17-15-5-3-4-8-18(15,16(14)11-13)9-10-19(17)2/h6-7,11,15,17H,3-5,8-10,12H2,1-2H3/t15-,17-,18+/m1/s1. The smallest absolute Gasteiger partial charge is 0.0169 e. The summed E-state index contributed by atoms with van der Waals surface area (Å²) in [4.78, 5) is 2.65. The second-order valence-electron chi connectivity index (χ2n) is 7.17. The van der Waals surface area contributed by atoms with Crippen molar-refractivity contribution in [3.63, 3.8) is 0 Å². The average Bonchev–Trinajstić information content (AvgIpc) is 2.43. The third kappa shape index (κ3) is 1.57. The van der Waals surface area contributed by atoms with Crippen LogP contribution in [0, 0.1) is 12.8 Å². The second kappa shape index (κ2) is 4.09. The summed E-state index contributed by atoms with van der Waals surface area (Å²) in [6, 6.07) is 8.07. The first kappa shape index (κ1) is 12.0. The Morgan fingerprint density at radius 2 is 2.11 bits per heavy atom. The third-order valence-electron chi connectivity index (χ3n) is 6.27. The second-order valence-corrected chi connectivity index (χ2v) is 7.17. The lowest BCUT2D eigenvalue weighted by Crippen LogP contribution is -2.59. The molecule has 2 aliphatic carbocycles. The molecule has 0 N–H and O–H groups in total. The van der Waals surface area contributed by atoms with Gasteiger partial charge in [0, 0.05) is 11.5 Å². The van der Waals surface area contributed by atoms with Crippen LogP contribution in [0.3, 0.4) is 0 Å². The maximum absolute atomic E-state index is 2.65. The largest absolute Gasteiger partial charge is 0.303 e. The Morgan fingerprint density at radius 1 is 1.21 bits per heavy atom. The van der Waals surface area contributed by atoms with Crippen LogP contribution in [0.4, 0.5) is 0 Å². The van der Waals surface area contributed by atoms with Crippen molar-refractivity contribution in [2.24, 2.45) is 5.92 Å². The van der Waals surface area contributed by atoms with Gasteiger partial charge < -0.3 is 4.90 Å². The Bertz CT molecular complexity index is 506. The van der Waals surface area contributed by atoms with Crippen molar-refractivity contribution in [3.05, 3.63) is 34.9 Å². The number of likely N-dealkylation sites (N-methyl/N-ethyl adjacent to an activating group) is 1. The molecular weight excluding hydrogens is 230 g/mol. The van der Waals surface area contributed by atoms with E-state index in [1.807, 2.05) is 0 Å². The number of nitrogens with zero attached hydrogens (tertiary/aromatic N) is 1. The quantitative estimate of drug-likeness (QED) is 0.683. The maximum Gasteiger partial charge on any atom is 0.0169 e. The van der Waals surface area contributed by atoms with Crippen molar-refractivity contribution in [2.75, 3.05) is 13.6 Å². The van der Waals surface area contributed by atoms with Gasteiger partial charge in [0.25, 0.3) is 0 Å². The van der Waals surface area contributed by atoms with E-state index in [1.165, 1.54) is 50.6 Å². The van der Waals surface area contributed by atoms with Crippen LogP contribution in [0.2, 0.25) is 0 Å². The molecular formula is C18H25N. The van der Waals surface area contributed by atoms with Gasteiger partial charge in [-0.1, -0.05) is 36.6 Å². The van der Waals surface area contributed by atoms with Crippen LogP contribution in [0.5, 0.6) is 0 Å². The molecule has 1 nitrogen and oxygen atoms in total. The van der Waals surface area contributed by atoms with Gasteiger partial charge >= 0.3 is 0 Å². The summed E-state index contributed by atoms with van der Waals surface area (Å²) in [7, 11) is 2.35. The Labute approximate surface area is 117 Å². The van der Waals surface area contributed by atoms with Crippen LogP contribution in [0.1, 0.15) is 48.8 Å². The van der Waals surface area contributed by atoms with Crippen molar-refractivity contribution in [3.8, 4) is 0 Å². The van der Waals surface area contributed by atoms with Gasteiger partial charge in [0.1, 0.15) is 0 Å². The van der Waals surface area contributed by atoms with E-state index < -0.39 is 0 Å². The SMILES string of the molecule is Cc1ccc2c(c1)[C@]13CCCC[C@@H]1[C@@H](C2)N(C)CC3. The molecule has 1 heteroatoms. The molecule has 2 bridgehead atoms.